The van der Waals surface area contributed by atoms with Crippen LogP contribution in [0.1, 0.15) is 16.7 Å². The predicted molar refractivity (Wildman–Crippen MR) is 127 cm³/mol. The van der Waals surface area contributed by atoms with Crippen LogP contribution in [0.2, 0.25) is 0 Å². The molecule has 0 spiro atoms. The average molecular weight is 423 g/mol. The molecule has 4 heteroatoms. The van der Waals surface area contributed by atoms with Crippen LogP contribution >= 0.6 is 0 Å². The number of rotatable bonds is 9. The minimum atomic E-state index is -0.814. The zero-order chi connectivity index (χ0) is 22.2. The highest BCUT2D eigenvalue weighted by Gasteiger charge is 2.26. The van der Waals surface area contributed by atoms with Gasteiger partial charge in [-0.1, -0.05) is 91.0 Å². The lowest BCUT2D eigenvalue weighted by atomic mass is 10.0. The minimum absolute atomic E-state index is 0.428. The van der Waals surface area contributed by atoms with Gasteiger partial charge >= 0.3 is 5.97 Å². The van der Waals surface area contributed by atoms with E-state index in [9.17, 15) is 9.90 Å². The van der Waals surface area contributed by atoms with E-state index in [1.807, 2.05) is 108 Å². The zero-order valence-electron chi connectivity index (χ0n) is 17.8. The van der Waals surface area contributed by atoms with Gasteiger partial charge in [-0.15, -0.1) is 0 Å². The predicted octanol–water partition coefficient (Wildman–Crippen LogP) is 5.45. The van der Waals surface area contributed by atoms with Gasteiger partial charge < -0.3 is 5.11 Å². The number of nitrogens with zero attached hydrogens (tertiary/aromatic N) is 2. The molecule has 4 aromatic rings. The zero-order valence-corrected chi connectivity index (χ0v) is 17.8. The molecule has 160 valence electrons. The molecule has 0 aliphatic heterocycles. The van der Waals surface area contributed by atoms with Crippen molar-refractivity contribution in [2.24, 2.45) is 0 Å². The normalized spacial score (nSPS) is 11.9. The standard InChI is InChI=1S/C28H26N2O2/c31-28(32)27(19-22-14-16-25(17-15-22)26-13-7-8-18-29-26)30(20-23-9-3-1-4-10-23)21-24-11-5-2-6-12-24/h1-18,27H,19-21H2,(H,31,32)/t27-/m0/s1. The number of carboxylic acid groups (broad SMARTS) is 1. The second-order valence-electron chi connectivity index (χ2n) is 7.85. The van der Waals surface area contributed by atoms with Crippen LogP contribution in [0.3, 0.4) is 0 Å². The van der Waals surface area contributed by atoms with Crippen molar-refractivity contribution in [2.45, 2.75) is 25.6 Å². The van der Waals surface area contributed by atoms with Crippen molar-refractivity contribution in [3.8, 4) is 11.3 Å². The molecule has 0 fully saturated rings. The quantitative estimate of drug-likeness (QED) is 0.390. The van der Waals surface area contributed by atoms with Gasteiger partial charge in [0.25, 0.3) is 0 Å². The molecule has 0 saturated heterocycles. The molecule has 1 heterocycles. The maximum Gasteiger partial charge on any atom is 0.321 e. The fourth-order valence-electron chi connectivity index (χ4n) is 3.85. The summed E-state index contributed by atoms with van der Waals surface area (Å²) in [6, 6.07) is 33.3. The smallest absolute Gasteiger partial charge is 0.321 e. The van der Waals surface area contributed by atoms with E-state index in [0.29, 0.717) is 19.5 Å². The molecule has 0 radical (unpaired) electrons. The van der Waals surface area contributed by atoms with Gasteiger partial charge in [-0.3, -0.25) is 14.7 Å². The Labute approximate surface area is 188 Å². The van der Waals surface area contributed by atoms with Crippen molar-refractivity contribution >= 4 is 5.97 Å². The highest BCUT2D eigenvalue weighted by molar-refractivity contribution is 5.74. The number of benzene rings is 3. The average Bonchev–Trinajstić information content (AvgIpc) is 2.84. The molecule has 1 atom stereocenters. The van der Waals surface area contributed by atoms with E-state index in [-0.39, 0.29) is 0 Å². The monoisotopic (exact) mass is 422 g/mol. The van der Waals surface area contributed by atoms with E-state index in [4.69, 9.17) is 0 Å². The number of hydrogen-bond acceptors (Lipinski definition) is 3. The number of carbonyl (C=O) groups is 1. The summed E-state index contributed by atoms with van der Waals surface area (Å²) >= 11 is 0. The summed E-state index contributed by atoms with van der Waals surface area (Å²) in [5, 5.41) is 10.1. The molecule has 0 amide bonds. The van der Waals surface area contributed by atoms with Crippen LogP contribution < -0.4 is 0 Å². The molecule has 0 aliphatic carbocycles. The number of aliphatic carboxylic acids is 1. The van der Waals surface area contributed by atoms with Crippen LogP contribution in [0.25, 0.3) is 11.3 Å². The van der Waals surface area contributed by atoms with Crippen molar-refractivity contribution in [3.05, 3.63) is 126 Å². The molecule has 0 bridgehead atoms. The minimum Gasteiger partial charge on any atom is -0.480 e. The van der Waals surface area contributed by atoms with Crippen LogP contribution in [-0.4, -0.2) is 27.0 Å². The molecule has 0 aliphatic rings. The molecule has 1 N–H and O–H groups in total. The number of carboxylic acids is 1. The fraction of sp³-hybridized carbons (Fsp3) is 0.143. The van der Waals surface area contributed by atoms with Gasteiger partial charge in [0.15, 0.2) is 0 Å². The Morgan fingerprint density at radius 3 is 1.78 bits per heavy atom. The summed E-state index contributed by atoms with van der Waals surface area (Å²) in [6.45, 7) is 1.14. The highest BCUT2D eigenvalue weighted by atomic mass is 16.4. The maximum atomic E-state index is 12.4. The first-order valence-electron chi connectivity index (χ1n) is 10.7. The third-order valence-corrected chi connectivity index (χ3v) is 5.53. The van der Waals surface area contributed by atoms with Crippen LogP contribution in [0.15, 0.2) is 109 Å². The lowest BCUT2D eigenvalue weighted by molar-refractivity contribution is -0.143. The largest absolute Gasteiger partial charge is 0.480 e. The van der Waals surface area contributed by atoms with E-state index in [2.05, 4.69) is 4.98 Å². The summed E-state index contributed by atoms with van der Waals surface area (Å²) in [5.74, 6) is -0.814. The van der Waals surface area contributed by atoms with Crippen molar-refractivity contribution in [1.82, 2.24) is 9.88 Å². The molecular weight excluding hydrogens is 396 g/mol. The Kier molecular flexibility index (Phi) is 7.05. The van der Waals surface area contributed by atoms with E-state index in [1.54, 1.807) is 6.20 Å². The first kappa shape index (κ1) is 21.5. The Hall–Kier alpha value is -3.76. The van der Waals surface area contributed by atoms with Crippen LogP contribution in [0, 0.1) is 0 Å². The lowest BCUT2D eigenvalue weighted by Crippen LogP contribution is -2.42. The highest BCUT2D eigenvalue weighted by Crippen LogP contribution is 2.21. The Bertz CT molecular complexity index is 1070. The summed E-state index contributed by atoms with van der Waals surface area (Å²) in [7, 11) is 0. The number of hydrogen-bond donors (Lipinski definition) is 1. The van der Waals surface area contributed by atoms with Crippen molar-refractivity contribution < 1.29 is 9.90 Å². The Morgan fingerprint density at radius 2 is 1.28 bits per heavy atom. The molecule has 32 heavy (non-hydrogen) atoms. The Morgan fingerprint density at radius 1 is 0.719 bits per heavy atom. The first-order chi connectivity index (χ1) is 15.7. The molecule has 4 nitrogen and oxygen atoms in total. The molecule has 3 aromatic carbocycles. The van der Waals surface area contributed by atoms with Gasteiger partial charge in [-0.25, -0.2) is 0 Å². The van der Waals surface area contributed by atoms with Gasteiger partial charge in [0.05, 0.1) is 5.69 Å². The van der Waals surface area contributed by atoms with Crippen LogP contribution in [0.5, 0.6) is 0 Å². The molecule has 4 rings (SSSR count). The molecule has 1 aromatic heterocycles. The van der Waals surface area contributed by atoms with E-state index < -0.39 is 12.0 Å². The van der Waals surface area contributed by atoms with E-state index in [1.165, 1.54) is 0 Å². The number of aromatic nitrogens is 1. The number of pyridine rings is 1. The van der Waals surface area contributed by atoms with Crippen molar-refractivity contribution in [2.75, 3.05) is 0 Å². The SMILES string of the molecule is O=C(O)[C@H](Cc1ccc(-c2ccccn2)cc1)N(Cc1ccccc1)Cc1ccccc1. The van der Waals surface area contributed by atoms with Gasteiger partial charge in [0.2, 0.25) is 0 Å². The Balaban J connectivity index is 1.57. The lowest BCUT2D eigenvalue weighted by Gasteiger charge is -2.29. The van der Waals surface area contributed by atoms with Crippen molar-refractivity contribution in [3.63, 3.8) is 0 Å². The second-order valence-corrected chi connectivity index (χ2v) is 7.85. The fourth-order valence-corrected chi connectivity index (χ4v) is 3.85. The third kappa shape index (κ3) is 5.68. The summed E-state index contributed by atoms with van der Waals surface area (Å²) < 4.78 is 0. The van der Waals surface area contributed by atoms with Gasteiger partial charge in [-0.05, 0) is 35.2 Å². The molecular formula is C28H26N2O2. The van der Waals surface area contributed by atoms with Gasteiger partial charge in [0, 0.05) is 24.8 Å². The van der Waals surface area contributed by atoms with Crippen molar-refractivity contribution in [1.29, 1.82) is 0 Å². The van der Waals surface area contributed by atoms with Gasteiger partial charge in [-0.2, -0.15) is 0 Å². The maximum absolute atomic E-state index is 12.4. The molecule has 0 unspecified atom stereocenters. The first-order valence-corrected chi connectivity index (χ1v) is 10.7. The summed E-state index contributed by atoms with van der Waals surface area (Å²) in [5.41, 5.74) is 5.11. The molecule has 0 saturated carbocycles. The van der Waals surface area contributed by atoms with Crippen LogP contribution in [-0.2, 0) is 24.3 Å². The van der Waals surface area contributed by atoms with E-state index in [0.717, 1.165) is 27.9 Å². The topological polar surface area (TPSA) is 53.4 Å². The van der Waals surface area contributed by atoms with Gasteiger partial charge in [0.1, 0.15) is 6.04 Å². The second kappa shape index (κ2) is 10.5. The van der Waals surface area contributed by atoms with Crippen LogP contribution in [0.4, 0.5) is 0 Å². The summed E-state index contributed by atoms with van der Waals surface area (Å²) in [6.07, 6.45) is 2.20. The third-order valence-electron chi connectivity index (χ3n) is 5.53. The summed E-state index contributed by atoms with van der Waals surface area (Å²) in [4.78, 5) is 18.8. The van der Waals surface area contributed by atoms with E-state index >= 15 is 0 Å².